The summed E-state index contributed by atoms with van der Waals surface area (Å²) in [7, 11) is 7.09. The van der Waals surface area contributed by atoms with E-state index in [9.17, 15) is 9.59 Å². The summed E-state index contributed by atoms with van der Waals surface area (Å²) in [6.07, 6.45) is 0.402. The van der Waals surface area contributed by atoms with Crippen molar-refractivity contribution in [3.05, 3.63) is 29.8 Å². The van der Waals surface area contributed by atoms with Crippen LogP contribution < -0.4 is 4.74 Å². The third-order valence-electron chi connectivity index (χ3n) is 2.09. The molecule has 0 aliphatic heterocycles. The van der Waals surface area contributed by atoms with Gasteiger partial charge in [-0.1, -0.05) is 12.1 Å². The Morgan fingerprint density at radius 3 is 2.17 bits per heavy atom. The van der Waals surface area contributed by atoms with Crippen molar-refractivity contribution in [1.82, 2.24) is 0 Å². The third kappa shape index (κ3) is 5.64. The van der Waals surface area contributed by atoms with Crippen molar-refractivity contribution in [2.45, 2.75) is 13.3 Å². The van der Waals surface area contributed by atoms with Gasteiger partial charge in [0.05, 0.1) is 0 Å². The number of quaternary nitrogens is 1. The normalized spacial score (nSPS) is 10.9. The fourth-order valence-electron chi connectivity index (χ4n) is 1.42. The molecule has 0 aromatic heterocycles. The van der Waals surface area contributed by atoms with Gasteiger partial charge in [0.2, 0.25) is 0 Å². The standard InChI is InChI=1S/C13H18BNO3/c1-10(16)9-11-5-7-12(8-6-11)18-13(17)14-15(2,3)4/h5-8H,9H2,1-4H3/q+1. The summed E-state index contributed by atoms with van der Waals surface area (Å²) in [5.41, 5.74) is 0.915. The van der Waals surface area contributed by atoms with E-state index in [1.807, 2.05) is 21.1 Å². The van der Waals surface area contributed by atoms with Gasteiger partial charge < -0.3 is 9.13 Å². The van der Waals surface area contributed by atoms with Crippen LogP contribution in [0.2, 0.25) is 0 Å². The maximum Gasteiger partial charge on any atom is 0.579 e. The molecule has 0 aliphatic carbocycles. The van der Waals surface area contributed by atoms with Crippen LogP contribution in [0.5, 0.6) is 5.75 Å². The lowest BCUT2D eigenvalue weighted by Gasteiger charge is -2.20. The molecule has 95 valence electrons. The Hall–Kier alpha value is -1.62. The van der Waals surface area contributed by atoms with E-state index in [1.54, 1.807) is 31.2 Å². The number of rotatable bonds is 5. The van der Waals surface area contributed by atoms with Gasteiger partial charge in [0.15, 0.2) is 0 Å². The minimum Gasteiger partial charge on any atom is -0.429 e. The van der Waals surface area contributed by atoms with Crippen molar-refractivity contribution >= 4 is 19.1 Å². The molecule has 1 rings (SSSR count). The van der Waals surface area contributed by atoms with Crippen LogP contribution in [0.15, 0.2) is 24.3 Å². The van der Waals surface area contributed by atoms with Gasteiger partial charge in [0.25, 0.3) is 0 Å². The molecule has 1 aromatic carbocycles. The van der Waals surface area contributed by atoms with Crippen LogP contribution in [-0.4, -0.2) is 44.6 Å². The molecule has 18 heavy (non-hydrogen) atoms. The molecule has 0 bridgehead atoms. The van der Waals surface area contributed by atoms with E-state index in [1.165, 1.54) is 7.41 Å². The molecule has 0 atom stereocenters. The smallest absolute Gasteiger partial charge is 0.429 e. The van der Waals surface area contributed by atoms with Crippen molar-refractivity contribution in [3.8, 4) is 5.75 Å². The molecule has 0 saturated heterocycles. The monoisotopic (exact) mass is 247 g/mol. The van der Waals surface area contributed by atoms with Gasteiger partial charge in [-0.3, -0.25) is 9.59 Å². The number of nitrogens with zero attached hydrogens (tertiary/aromatic N) is 1. The maximum atomic E-state index is 11.5. The first-order chi connectivity index (χ1) is 8.26. The van der Waals surface area contributed by atoms with Crippen molar-refractivity contribution in [1.29, 1.82) is 0 Å². The first-order valence-corrected chi connectivity index (χ1v) is 5.73. The maximum absolute atomic E-state index is 11.5. The molecule has 0 aliphatic rings. The topological polar surface area (TPSA) is 43.4 Å². The number of Topliss-reactive ketones (excluding diaryl/α,β-unsaturated/α-hetero) is 1. The van der Waals surface area contributed by atoms with E-state index in [-0.39, 0.29) is 11.7 Å². The van der Waals surface area contributed by atoms with E-state index in [4.69, 9.17) is 4.74 Å². The number of carbonyl (C=O) groups is 2. The number of ether oxygens (including phenoxy) is 1. The highest BCUT2D eigenvalue weighted by molar-refractivity contribution is 6.66. The second-order valence-electron chi connectivity index (χ2n) is 5.19. The molecule has 0 saturated carbocycles. The molecule has 0 unspecified atom stereocenters. The highest BCUT2D eigenvalue weighted by Crippen LogP contribution is 2.13. The van der Waals surface area contributed by atoms with E-state index < -0.39 is 0 Å². The number of carbonyl (C=O) groups excluding carboxylic acids is 2. The van der Waals surface area contributed by atoms with E-state index in [0.717, 1.165) is 5.56 Å². The molecule has 1 radical (unpaired) electrons. The highest BCUT2D eigenvalue weighted by Gasteiger charge is 2.24. The predicted molar refractivity (Wildman–Crippen MR) is 70.6 cm³/mol. The largest absolute Gasteiger partial charge is 0.579 e. The van der Waals surface area contributed by atoms with Gasteiger partial charge in [-0.2, -0.15) is 0 Å². The van der Waals surface area contributed by atoms with Crippen LogP contribution in [0.1, 0.15) is 12.5 Å². The zero-order valence-electron chi connectivity index (χ0n) is 11.3. The molecule has 0 spiro atoms. The molecule has 0 fully saturated rings. The van der Waals surface area contributed by atoms with Gasteiger partial charge in [-0.05, 0) is 24.6 Å². The summed E-state index contributed by atoms with van der Waals surface area (Å²) in [5, 5.41) is 0. The predicted octanol–water partition coefficient (Wildman–Crippen LogP) is 1.64. The molecule has 5 heteroatoms. The summed E-state index contributed by atoms with van der Waals surface area (Å²) in [4.78, 5) is 22.5. The molecular weight excluding hydrogens is 229 g/mol. The third-order valence-corrected chi connectivity index (χ3v) is 2.09. The van der Waals surface area contributed by atoms with Crippen molar-refractivity contribution in [2.24, 2.45) is 0 Å². The van der Waals surface area contributed by atoms with Gasteiger partial charge in [0, 0.05) is 27.6 Å². The van der Waals surface area contributed by atoms with E-state index in [0.29, 0.717) is 16.6 Å². The Labute approximate surface area is 108 Å². The second kappa shape index (κ2) is 5.82. The quantitative estimate of drug-likeness (QED) is 0.743. The van der Waals surface area contributed by atoms with Crippen LogP contribution in [0.3, 0.4) is 0 Å². The van der Waals surface area contributed by atoms with E-state index in [2.05, 4.69) is 0 Å². The average Bonchev–Trinajstić information content (AvgIpc) is 2.17. The summed E-state index contributed by atoms with van der Waals surface area (Å²) < 4.78 is 5.56. The molecule has 0 heterocycles. The Balaban J connectivity index is 2.58. The molecule has 0 amide bonds. The molecule has 1 aromatic rings. The molecule has 4 nitrogen and oxygen atoms in total. The van der Waals surface area contributed by atoms with Crippen LogP contribution in [0, 0.1) is 0 Å². The number of ketones is 1. The van der Waals surface area contributed by atoms with E-state index >= 15 is 0 Å². The lowest BCUT2D eigenvalue weighted by atomic mass is 9.90. The van der Waals surface area contributed by atoms with Crippen LogP contribution in [0.25, 0.3) is 0 Å². The SMILES string of the molecule is CC(=O)Cc1ccc(OC(=O)[B][N+](C)(C)C)cc1. The molecular formula is C13H18BNO3+. The summed E-state index contributed by atoms with van der Waals surface area (Å²) in [5.74, 6) is 0.205. The number of hydrogen-bond donors (Lipinski definition) is 0. The van der Waals surface area contributed by atoms with Crippen LogP contribution in [0.4, 0.5) is 4.79 Å². The minimum absolute atomic E-state index is 0.109. The lowest BCUT2D eigenvalue weighted by molar-refractivity contribution is -0.753. The first kappa shape index (κ1) is 14.4. The Morgan fingerprint density at radius 1 is 1.17 bits per heavy atom. The summed E-state index contributed by atoms with van der Waals surface area (Å²) >= 11 is 0. The second-order valence-corrected chi connectivity index (χ2v) is 5.19. The average molecular weight is 247 g/mol. The Kier molecular flexibility index (Phi) is 4.67. The van der Waals surface area contributed by atoms with Crippen LogP contribution >= 0.6 is 0 Å². The zero-order chi connectivity index (χ0) is 13.8. The van der Waals surface area contributed by atoms with Crippen molar-refractivity contribution in [2.75, 3.05) is 21.1 Å². The highest BCUT2D eigenvalue weighted by atomic mass is 16.5. The fraction of sp³-hybridized carbons (Fsp3) is 0.385. The summed E-state index contributed by atoms with van der Waals surface area (Å²) in [6, 6.07) is 6.96. The van der Waals surface area contributed by atoms with Crippen molar-refractivity contribution in [3.63, 3.8) is 0 Å². The minimum atomic E-state index is -0.387. The number of benzene rings is 1. The molecule has 0 N–H and O–H groups in total. The Morgan fingerprint density at radius 2 is 1.72 bits per heavy atom. The Bertz CT molecular complexity index is 435. The van der Waals surface area contributed by atoms with Gasteiger partial charge in [-0.15, -0.1) is 0 Å². The zero-order valence-corrected chi connectivity index (χ0v) is 11.3. The summed E-state index contributed by atoms with van der Waals surface area (Å²) in [6.45, 7) is 1.55. The van der Waals surface area contributed by atoms with Gasteiger partial charge in [-0.25, -0.2) is 0 Å². The first-order valence-electron chi connectivity index (χ1n) is 5.73. The fourth-order valence-corrected chi connectivity index (χ4v) is 1.42. The van der Waals surface area contributed by atoms with Crippen molar-refractivity contribution < 1.29 is 18.7 Å². The van der Waals surface area contributed by atoms with Crippen LogP contribution in [-0.2, 0) is 11.2 Å². The number of hydrogen-bond acceptors (Lipinski definition) is 3. The van der Waals surface area contributed by atoms with Gasteiger partial charge in [0.1, 0.15) is 11.5 Å². The lowest BCUT2D eigenvalue weighted by Crippen LogP contribution is -2.44. The van der Waals surface area contributed by atoms with Gasteiger partial charge >= 0.3 is 13.3 Å².